The number of nitrogens with zero attached hydrogens (tertiary/aromatic N) is 2. The third-order valence-electron chi connectivity index (χ3n) is 4.95. The zero-order chi connectivity index (χ0) is 18.8. The summed E-state index contributed by atoms with van der Waals surface area (Å²) in [6, 6.07) is 8.91. The van der Waals surface area contributed by atoms with Crippen LogP contribution in [0.15, 0.2) is 36.5 Å². The number of piperidine rings is 1. The number of hydrogen-bond donors (Lipinski definition) is 1. The maximum Gasteiger partial charge on any atom is 0.254 e. The van der Waals surface area contributed by atoms with Crippen molar-refractivity contribution in [2.45, 2.75) is 19.8 Å². The molecule has 1 aromatic carbocycles. The van der Waals surface area contributed by atoms with Gasteiger partial charge in [0.25, 0.3) is 5.91 Å². The predicted molar refractivity (Wildman–Crippen MR) is 98.8 cm³/mol. The van der Waals surface area contributed by atoms with E-state index < -0.39 is 0 Å². The summed E-state index contributed by atoms with van der Waals surface area (Å²) in [5, 5.41) is 2.89. The van der Waals surface area contributed by atoms with E-state index in [1.54, 1.807) is 29.3 Å². The average molecular weight is 367 g/mol. The van der Waals surface area contributed by atoms with E-state index in [1.807, 2.05) is 19.1 Å². The topological polar surface area (TPSA) is 80.8 Å². The molecule has 0 bridgehead atoms. The fraction of sp³-hybridized carbons (Fsp3) is 0.350. The van der Waals surface area contributed by atoms with E-state index >= 15 is 0 Å². The number of aryl methyl sites for hydroxylation is 1. The molecule has 0 aliphatic carbocycles. The SMILES string of the molecule is Cc1cccnc1NC(=O)C1CCCN(C(=O)c2ccc3c(c2)OCO3)C1. The summed E-state index contributed by atoms with van der Waals surface area (Å²) in [5.74, 6) is 1.35. The number of carbonyl (C=O) groups is 2. The van der Waals surface area contributed by atoms with Crippen molar-refractivity contribution in [1.29, 1.82) is 0 Å². The van der Waals surface area contributed by atoms with Gasteiger partial charge in [0, 0.05) is 24.8 Å². The number of carbonyl (C=O) groups excluding carboxylic acids is 2. The number of aromatic nitrogens is 1. The molecule has 27 heavy (non-hydrogen) atoms. The lowest BCUT2D eigenvalue weighted by Gasteiger charge is -2.32. The lowest BCUT2D eigenvalue weighted by molar-refractivity contribution is -0.121. The van der Waals surface area contributed by atoms with Gasteiger partial charge in [-0.1, -0.05) is 6.07 Å². The van der Waals surface area contributed by atoms with Gasteiger partial charge in [0.1, 0.15) is 5.82 Å². The van der Waals surface area contributed by atoms with Crippen LogP contribution in [0.2, 0.25) is 0 Å². The molecule has 2 aliphatic heterocycles. The van der Waals surface area contributed by atoms with Crippen molar-refractivity contribution in [2.24, 2.45) is 5.92 Å². The number of ether oxygens (including phenoxy) is 2. The minimum absolute atomic E-state index is 0.0972. The molecule has 1 unspecified atom stereocenters. The molecule has 1 N–H and O–H groups in total. The molecule has 7 nitrogen and oxygen atoms in total. The first kappa shape index (κ1) is 17.3. The van der Waals surface area contributed by atoms with Gasteiger partial charge in [0.2, 0.25) is 12.7 Å². The van der Waals surface area contributed by atoms with Crippen molar-refractivity contribution in [1.82, 2.24) is 9.88 Å². The van der Waals surface area contributed by atoms with E-state index in [-0.39, 0.29) is 24.5 Å². The van der Waals surface area contributed by atoms with Crippen molar-refractivity contribution >= 4 is 17.6 Å². The number of rotatable bonds is 3. The molecule has 3 heterocycles. The lowest BCUT2D eigenvalue weighted by Crippen LogP contribution is -2.43. The Hall–Kier alpha value is -3.09. The third kappa shape index (κ3) is 3.58. The van der Waals surface area contributed by atoms with Crippen LogP contribution in [0.5, 0.6) is 11.5 Å². The van der Waals surface area contributed by atoms with Crippen LogP contribution in [0.1, 0.15) is 28.8 Å². The monoisotopic (exact) mass is 367 g/mol. The number of benzene rings is 1. The van der Waals surface area contributed by atoms with Crippen molar-refractivity contribution in [3.8, 4) is 11.5 Å². The van der Waals surface area contributed by atoms with Gasteiger partial charge in [-0.2, -0.15) is 0 Å². The molecule has 140 valence electrons. The summed E-state index contributed by atoms with van der Waals surface area (Å²) < 4.78 is 10.6. The fourth-order valence-corrected chi connectivity index (χ4v) is 3.42. The van der Waals surface area contributed by atoms with E-state index in [0.29, 0.717) is 36.0 Å². The van der Waals surface area contributed by atoms with E-state index in [1.165, 1.54) is 0 Å². The highest BCUT2D eigenvalue weighted by molar-refractivity contribution is 5.96. The van der Waals surface area contributed by atoms with Crippen LogP contribution < -0.4 is 14.8 Å². The molecular weight excluding hydrogens is 346 g/mol. The normalized spacial score (nSPS) is 18.3. The third-order valence-corrected chi connectivity index (χ3v) is 4.95. The molecule has 1 saturated heterocycles. The highest BCUT2D eigenvalue weighted by Crippen LogP contribution is 2.33. The Morgan fingerprint density at radius 1 is 1.22 bits per heavy atom. The quantitative estimate of drug-likeness (QED) is 0.902. The molecule has 2 amide bonds. The molecule has 1 fully saturated rings. The van der Waals surface area contributed by atoms with Gasteiger partial charge in [-0.3, -0.25) is 9.59 Å². The van der Waals surface area contributed by atoms with Crippen molar-refractivity contribution < 1.29 is 19.1 Å². The maximum absolute atomic E-state index is 12.9. The Bertz CT molecular complexity index is 883. The molecule has 0 spiro atoms. The first-order valence-electron chi connectivity index (χ1n) is 9.03. The zero-order valence-electron chi connectivity index (χ0n) is 15.1. The number of hydrogen-bond acceptors (Lipinski definition) is 5. The molecule has 0 radical (unpaired) electrons. The summed E-state index contributed by atoms with van der Waals surface area (Å²) in [6.45, 7) is 3.11. The van der Waals surface area contributed by atoms with E-state index in [2.05, 4.69) is 10.3 Å². The van der Waals surface area contributed by atoms with Crippen LogP contribution >= 0.6 is 0 Å². The van der Waals surface area contributed by atoms with Gasteiger partial charge >= 0.3 is 0 Å². The summed E-state index contributed by atoms with van der Waals surface area (Å²) in [7, 11) is 0. The van der Waals surface area contributed by atoms with Crippen molar-refractivity contribution in [3.63, 3.8) is 0 Å². The van der Waals surface area contributed by atoms with Gasteiger partial charge in [-0.25, -0.2) is 4.98 Å². The second-order valence-corrected chi connectivity index (χ2v) is 6.82. The van der Waals surface area contributed by atoms with Gasteiger partial charge in [-0.15, -0.1) is 0 Å². The summed E-state index contributed by atoms with van der Waals surface area (Å²) in [6.07, 6.45) is 3.19. The van der Waals surface area contributed by atoms with Crippen LogP contribution in [0.3, 0.4) is 0 Å². The highest BCUT2D eigenvalue weighted by Gasteiger charge is 2.30. The second-order valence-electron chi connectivity index (χ2n) is 6.82. The average Bonchev–Trinajstić information content (AvgIpc) is 3.17. The largest absolute Gasteiger partial charge is 0.454 e. The van der Waals surface area contributed by atoms with Crippen LogP contribution in [0, 0.1) is 12.8 Å². The van der Waals surface area contributed by atoms with Gasteiger partial charge < -0.3 is 19.7 Å². The number of anilines is 1. The van der Waals surface area contributed by atoms with Crippen molar-refractivity contribution in [2.75, 3.05) is 25.2 Å². The molecule has 1 atom stereocenters. The first-order valence-corrected chi connectivity index (χ1v) is 9.03. The Balaban J connectivity index is 1.44. The molecule has 1 aromatic heterocycles. The van der Waals surface area contributed by atoms with Crippen LogP contribution in [-0.2, 0) is 4.79 Å². The molecule has 7 heteroatoms. The molecule has 0 saturated carbocycles. The van der Waals surface area contributed by atoms with Gasteiger partial charge in [0.15, 0.2) is 11.5 Å². The number of nitrogens with one attached hydrogen (secondary N) is 1. The molecule has 2 aliphatic rings. The van der Waals surface area contributed by atoms with Crippen LogP contribution in [0.4, 0.5) is 5.82 Å². The highest BCUT2D eigenvalue weighted by atomic mass is 16.7. The molecular formula is C20H21N3O4. The van der Waals surface area contributed by atoms with Crippen molar-refractivity contribution in [3.05, 3.63) is 47.7 Å². The molecule has 2 aromatic rings. The Morgan fingerprint density at radius 2 is 2.07 bits per heavy atom. The predicted octanol–water partition coefficient (Wildman–Crippen LogP) is 2.61. The number of likely N-dealkylation sites (tertiary alicyclic amines) is 1. The zero-order valence-corrected chi connectivity index (χ0v) is 15.1. The Kier molecular flexibility index (Phi) is 4.66. The van der Waals surface area contributed by atoms with Crippen LogP contribution in [0.25, 0.3) is 0 Å². The Labute approximate surface area is 157 Å². The van der Waals surface area contributed by atoms with Crippen LogP contribution in [-0.4, -0.2) is 41.6 Å². The van der Waals surface area contributed by atoms with E-state index in [0.717, 1.165) is 18.4 Å². The summed E-state index contributed by atoms with van der Waals surface area (Å²) >= 11 is 0. The Morgan fingerprint density at radius 3 is 2.93 bits per heavy atom. The van der Waals surface area contributed by atoms with E-state index in [9.17, 15) is 9.59 Å². The maximum atomic E-state index is 12.9. The second kappa shape index (κ2) is 7.26. The van der Waals surface area contributed by atoms with E-state index in [4.69, 9.17) is 9.47 Å². The minimum atomic E-state index is -0.252. The first-order chi connectivity index (χ1) is 13.1. The number of amides is 2. The number of pyridine rings is 1. The van der Waals surface area contributed by atoms with Gasteiger partial charge in [0.05, 0.1) is 5.92 Å². The lowest BCUT2D eigenvalue weighted by atomic mass is 9.96. The smallest absolute Gasteiger partial charge is 0.254 e. The summed E-state index contributed by atoms with van der Waals surface area (Å²) in [5.41, 5.74) is 1.45. The van der Waals surface area contributed by atoms with Gasteiger partial charge in [-0.05, 0) is 49.6 Å². The standard InChI is InChI=1S/C20H21N3O4/c1-13-4-2-8-21-18(13)22-19(24)15-5-3-9-23(11-15)20(25)14-6-7-16-17(10-14)27-12-26-16/h2,4,6-8,10,15H,3,5,9,11-12H2,1H3,(H,21,22,24). The number of fused-ring (bicyclic) bond motifs is 1. The molecule has 4 rings (SSSR count). The minimum Gasteiger partial charge on any atom is -0.454 e. The fourth-order valence-electron chi connectivity index (χ4n) is 3.42. The summed E-state index contributed by atoms with van der Waals surface area (Å²) in [4.78, 5) is 31.5.